The van der Waals surface area contributed by atoms with Gasteiger partial charge in [-0.2, -0.15) is 0 Å². The van der Waals surface area contributed by atoms with Gasteiger partial charge in [0.2, 0.25) is 0 Å². The monoisotopic (exact) mass is 184 g/mol. The molecule has 0 saturated carbocycles. The van der Waals surface area contributed by atoms with E-state index in [1.165, 1.54) is 12.8 Å². The summed E-state index contributed by atoms with van der Waals surface area (Å²) < 4.78 is 5.69. The first kappa shape index (κ1) is 12.5. The van der Waals surface area contributed by atoms with Crippen LogP contribution in [0.1, 0.15) is 59.8 Å². The van der Waals surface area contributed by atoms with Gasteiger partial charge in [0, 0.05) is 0 Å². The molecule has 0 aromatic rings. The van der Waals surface area contributed by atoms with Gasteiger partial charge in [0.1, 0.15) is 5.60 Å². The molecule has 0 aliphatic heterocycles. The zero-order valence-electron chi connectivity index (χ0n) is 9.60. The minimum absolute atomic E-state index is 0.0444. The van der Waals surface area contributed by atoms with Crippen LogP contribution < -0.4 is 0 Å². The SMILES string of the molecule is CCCCC=COC(C)(CC)CC. The topological polar surface area (TPSA) is 9.23 Å². The Morgan fingerprint density at radius 2 is 1.77 bits per heavy atom. The molecule has 0 heterocycles. The fourth-order valence-electron chi connectivity index (χ4n) is 1.02. The number of unbranched alkanes of at least 4 members (excludes halogenated alkanes) is 2. The summed E-state index contributed by atoms with van der Waals surface area (Å²) in [5.41, 5.74) is 0.0444. The first-order valence-electron chi connectivity index (χ1n) is 5.51. The van der Waals surface area contributed by atoms with Gasteiger partial charge in [-0.3, -0.25) is 0 Å². The molecule has 0 aromatic carbocycles. The summed E-state index contributed by atoms with van der Waals surface area (Å²) in [6, 6.07) is 0. The van der Waals surface area contributed by atoms with Crippen LogP contribution in [0.5, 0.6) is 0 Å². The first-order valence-corrected chi connectivity index (χ1v) is 5.51. The van der Waals surface area contributed by atoms with E-state index in [-0.39, 0.29) is 5.60 Å². The molecule has 0 aromatic heterocycles. The molecule has 0 aliphatic carbocycles. The molecule has 78 valence electrons. The summed E-state index contributed by atoms with van der Waals surface area (Å²) in [4.78, 5) is 0. The summed E-state index contributed by atoms with van der Waals surface area (Å²) in [7, 11) is 0. The Morgan fingerprint density at radius 1 is 1.15 bits per heavy atom. The lowest BCUT2D eigenvalue weighted by molar-refractivity contribution is 0.0318. The van der Waals surface area contributed by atoms with Gasteiger partial charge in [-0.1, -0.05) is 27.2 Å². The van der Waals surface area contributed by atoms with Crippen molar-refractivity contribution in [2.24, 2.45) is 0 Å². The molecule has 0 atom stereocenters. The van der Waals surface area contributed by atoms with Crippen molar-refractivity contribution in [2.45, 2.75) is 65.4 Å². The zero-order chi connectivity index (χ0) is 10.2. The molecule has 0 unspecified atom stereocenters. The summed E-state index contributed by atoms with van der Waals surface area (Å²) in [5, 5.41) is 0. The smallest absolute Gasteiger partial charge is 0.105 e. The predicted octanol–water partition coefficient (Wildman–Crippen LogP) is 4.29. The van der Waals surface area contributed by atoms with Gasteiger partial charge in [0.25, 0.3) is 0 Å². The molecule has 0 bridgehead atoms. The van der Waals surface area contributed by atoms with E-state index in [1.807, 2.05) is 6.26 Å². The van der Waals surface area contributed by atoms with E-state index in [4.69, 9.17) is 4.74 Å². The Morgan fingerprint density at radius 3 is 2.23 bits per heavy atom. The van der Waals surface area contributed by atoms with Crippen LogP contribution in [0.15, 0.2) is 12.3 Å². The van der Waals surface area contributed by atoms with Crippen LogP contribution in [-0.2, 0) is 4.74 Å². The van der Waals surface area contributed by atoms with Crippen LogP contribution in [0.25, 0.3) is 0 Å². The third-order valence-corrected chi connectivity index (χ3v) is 2.67. The first-order chi connectivity index (χ1) is 6.18. The lowest BCUT2D eigenvalue weighted by Gasteiger charge is -2.25. The average molecular weight is 184 g/mol. The van der Waals surface area contributed by atoms with E-state index in [0.717, 1.165) is 19.3 Å². The van der Waals surface area contributed by atoms with Gasteiger partial charge in [-0.25, -0.2) is 0 Å². The van der Waals surface area contributed by atoms with Crippen molar-refractivity contribution in [3.8, 4) is 0 Å². The van der Waals surface area contributed by atoms with Gasteiger partial charge in [0.05, 0.1) is 6.26 Å². The number of hydrogen-bond acceptors (Lipinski definition) is 1. The quantitative estimate of drug-likeness (QED) is 0.424. The van der Waals surface area contributed by atoms with Gasteiger partial charge in [0.15, 0.2) is 0 Å². The fraction of sp³-hybridized carbons (Fsp3) is 0.833. The van der Waals surface area contributed by atoms with E-state index < -0.39 is 0 Å². The second kappa shape index (κ2) is 6.99. The molecule has 0 spiro atoms. The van der Waals surface area contributed by atoms with Crippen LogP contribution in [0.4, 0.5) is 0 Å². The number of allylic oxidation sites excluding steroid dienone is 1. The molecular weight excluding hydrogens is 160 g/mol. The molecule has 0 fully saturated rings. The van der Waals surface area contributed by atoms with E-state index >= 15 is 0 Å². The highest BCUT2D eigenvalue weighted by atomic mass is 16.5. The van der Waals surface area contributed by atoms with Crippen molar-refractivity contribution in [1.29, 1.82) is 0 Å². The van der Waals surface area contributed by atoms with Crippen molar-refractivity contribution in [1.82, 2.24) is 0 Å². The molecule has 0 N–H and O–H groups in total. The number of ether oxygens (including phenoxy) is 1. The molecule has 1 nitrogen and oxygen atoms in total. The standard InChI is InChI=1S/C12H24O/c1-5-8-9-10-11-13-12(4,6-2)7-3/h10-11H,5-9H2,1-4H3. The minimum atomic E-state index is 0.0444. The third kappa shape index (κ3) is 5.73. The lowest BCUT2D eigenvalue weighted by atomic mass is 10.0. The normalized spacial score (nSPS) is 12.3. The highest BCUT2D eigenvalue weighted by molar-refractivity contribution is 4.79. The Labute approximate surface area is 83.2 Å². The molecule has 0 saturated heterocycles. The van der Waals surface area contributed by atoms with Gasteiger partial charge < -0.3 is 4.74 Å². The Hall–Kier alpha value is -0.460. The maximum atomic E-state index is 5.69. The predicted molar refractivity (Wildman–Crippen MR) is 58.7 cm³/mol. The van der Waals surface area contributed by atoms with Crippen LogP contribution in [0, 0.1) is 0 Å². The summed E-state index contributed by atoms with van der Waals surface area (Å²) in [6.45, 7) is 8.71. The highest BCUT2D eigenvalue weighted by Crippen LogP contribution is 2.19. The molecule has 0 radical (unpaired) electrons. The summed E-state index contributed by atoms with van der Waals surface area (Å²) in [6.07, 6.45) is 9.80. The lowest BCUT2D eigenvalue weighted by Crippen LogP contribution is -2.23. The molecule has 0 rings (SSSR count). The third-order valence-electron chi connectivity index (χ3n) is 2.67. The van der Waals surface area contributed by atoms with Crippen molar-refractivity contribution in [3.05, 3.63) is 12.3 Å². The fourth-order valence-corrected chi connectivity index (χ4v) is 1.02. The Bertz CT molecular complexity index is 134. The maximum Gasteiger partial charge on any atom is 0.105 e. The van der Waals surface area contributed by atoms with Crippen LogP contribution in [0.2, 0.25) is 0 Å². The molecular formula is C12H24O. The molecule has 0 aliphatic rings. The second-order valence-electron chi connectivity index (χ2n) is 3.79. The van der Waals surface area contributed by atoms with Crippen LogP contribution >= 0.6 is 0 Å². The highest BCUT2D eigenvalue weighted by Gasteiger charge is 2.18. The molecule has 1 heteroatoms. The van der Waals surface area contributed by atoms with Crippen LogP contribution in [-0.4, -0.2) is 5.60 Å². The maximum absolute atomic E-state index is 5.69. The van der Waals surface area contributed by atoms with E-state index in [2.05, 4.69) is 33.8 Å². The zero-order valence-corrected chi connectivity index (χ0v) is 9.60. The van der Waals surface area contributed by atoms with Crippen LogP contribution in [0.3, 0.4) is 0 Å². The van der Waals surface area contributed by atoms with Gasteiger partial charge in [-0.05, 0) is 38.7 Å². The van der Waals surface area contributed by atoms with Crippen molar-refractivity contribution < 1.29 is 4.74 Å². The summed E-state index contributed by atoms with van der Waals surface area (Å²) in [5.74, 6) is 0. The van der Waals surface area contributed by atoms with Crippen molar-refractivity contribution >= 4 is 0 Å². The van der Waals surface area contributed by atoms with E-state index in [9.17, 15) is 0 Å². The van der Waals surface area contributed by atoms with Gasteiger partial charge in [-0.15, -0.1) is 0 Å². The van der Waals surface area contributed by atoms with Crippen molar-refractivity contribution in [3.63, 3.8) is 0 Å². The Balaban J connectivity index is 3.65. The molecule has 13 heavy (non-hydrogen) atoms. The molecule has 0 amide bonds. The largest absolute Gasteiger partial charge is 0.496 e. The second-order valence-corrected chi connectivity index (χ2v) is 3.79. The number of hydrogen-bond donors (Lipinski definition) is 0. The van der Waals surface area contributed by atoms with Gasteiger partial charge >= 0.3 is 0 Å². The minimum Gasteiger partial charge on any atom is -0.496 e. The summed E-state index contributed by atoms with van der Waals surface area (Å²) >= 11 is 0. The van der Waals surface area contributed by atoms with Crippen molar-refractivity contribution in [2.75, 3.05) is 0 Å². The average Bonchev–Trinajstić information content (AvgIpc) is 2.17. The van der Waals surface area contributed by atoms with E-state index in [1.54, 1.807) is 0 Å². The Kier molecular flexibility index (Phi) is 6.75. The number of rotatable bonds is 7. The van der Waals surface area contributed by atoms with E-state index in [0.29, 0.717) is 0 Å².